The van der Waals surface area contributed by atoms with E-state index < -0.39 is 18.2 Å². The molecule has 0 heterocycles. The molecule has 0 bridgehead atoms. The number of carbonyl (C=O) groups is 2. The number of aliphatic hydroxyl groups excluding tert-OH is 2. The number of unbranched alkanes of at least 4 members (excludes halogenated alkanes) is 21. The zero-order chi connectivity index (χ0) is 38.2. The van der Waals surface area contributed by atoms with Crippen molar-refractivity contribution in [3.05, 3.63) is 36.5 Å². The van der Waals surface area contributed by atoms with E-state index in [1.165, 1.54) is 83.5 Å². The lowest BCUT2D eigenvalue weighted by atomic mass is 10.0. The van der Waals surface area contributed by atoms with E-state index in [0.717, 1.165) is 89.9 Å². The van der Waals surface area contributed by atoms with Crippen molar-refractivity contribution in [2.75, 3.05) is 6.61 Å². The predicted molar refractivity (Wildman–Crippen MR) is 222 cm³/mol. The molecule has 304 valence electrons. The van der Waals surface area contributed by atoms with Crippen LogP contribution in [-0.2, 0) is 14.3 Å². The molecule has 3 atom stereocenters. The lowest BCUT2D eigenvalue weighted by Gasteiger charge is -2.24. The summed E-state index contributed by atoms with van der Waals surface area (Å²) in [5, 5.41) is 23.6. The number of amides is 1. The first-order valence-corrected chi connectivity index (χ1v) is 22.2. The Bertz CT molecular complexity index is 869. The number of ether oxygens (including phenoxy) is 1. The number of allylic oxidation sites excluding steroid dienone is 6. The van der Waals surface area contributed by atoms with Gasteiger partial charge in [0.05, 0.1) is 25.2 Å². The summed E-state index contributed by atoms with van der Waals surface area (Å²) in [6, 6.07) is -0.703. The Kier molecular flexibility index (Phi) is 38.8. The normalized spacial score (nSPS) is 13.7. The van der Waals surface area contributed by atoms with Crippen molar-refractivity contribution < 1.29 is 24.5 Å². The maximum atomic E-state index is 13.1. The Balaban J connectivity index is 4.61. The molecular weight excluding hydrogens is 647 g/mol. The number of hydrogen-bond acceptors (Lipinski definition) is 5. The maximum Gasteiger partial charge on any atom is 0.306 e. The highest BCUT2D eigenvalue weighted by Crippen LogP contribution is 2.17. The Morgan fingerprint density at radius 2 is 1.08 bits per heavy atom. The average Bonchev–Trinajstić information content (AvgIpc) is 3.13. The first-order valence-electron chi connectivity index (χ1n) is 22.2. The fourth-order valence-electron chi connectivity index (χ4n) is 6.59. The summed E-state index contributed by atoms with van der Waals surface area (Å²) in [5.74, 6) is -0.500. The van der Waals surface area contributed by atoms with Crippen molar-refractivity contribution in [1.29, 1.82) is 0 Å². The Morgan fingerprint density at radius 1 is 0.577 bits per heavy atom. The molecule has 0 aromatic heterocycles. The van der Waals surface area contributed by atoms with Gasteiger partial charge in [0, 0.05) is 6.42 Å². The Hall–Kier alpha value is -1.92. The summed E-state index contributed by atoms with van der Waals surface area (Å²) in [7, 11) is 0. The van der Waals surface area contributed by atoms with Crippen LogP contribution >= 0.6 is 0 Å². The number of nitrogens with one attached hydrogen (secondary N) is 1. The molecule has 6 heteroatoms. The minimum atomic E-state index is -0.788. The van der Waals surface area contributed by atoms with Crippen LogP contribution in [0.25, 0.3) is 0 Å². The molecule has 0 aromatic rings. The zero-order valence-corrected chi connectivity index (χ0v) is 34.4. The molecule has 0 aliphatic rings. The highest BCUT2D eigenvalue weighted by Gasteiger charge is 2.24. The van der Waals surface area contributed by atoms with Gasteiger partial charge in [-0.3, -0.25) is 9.59 Å². The van der Waals surface area contributed by atoms with Crippen molar-refractivity contribution in [2.24, 2.45) is 0 Å². The van der Waals surface area contributed by atoms with Gasteiger partial charge in [0.25, 0.3) is 0 Å². The molecule has 0 saturated heterocycles. The van der Waals surface area contributed by atoms with Crippen molar-refractivity contribution in [3.8, 4) is 0 Å². The van der Waals surface area contributed by atoms with Crippen molar-refractivity contribution in [3.63, 3.8) is 0 Å². The topological polar surface area (TPSA) is 95.9 Å². The van der Waals surface area contributed by atoms with E-state index in [0.29, 0.717) is 19.3 Å². The molecule has 52 heavy (non-hydrogen) atoms. The van der Waals surface area contributed by atoms with E-state index in [-0.39, 0.29) is 24.9 Å². The molecule has 0 aromatic carbocycles. The third-order valence-electron chi connectivity index (χ3n) is 9.93. The Morgan fingerprint density at radius 3 is 1.65 bits per heavy atom. The standard InChI is InChI=1S/C46H85NO5/c1-4-7-10-13-16-19-22-24-25-28-31-34-37-42(52-46(51)39-36-33-30-27-21-18-15-12-9-6-3)40-45(50)47-43(41-48)44(49)38-35-32-29-26-23-20-17-14-11-8-5-2/h7,10,12,15-16,19,42-44,48-49H,4-6,8-9,11,13-14,17-18,20-41H2,1-3H3,(H,47,50)/b10-7+,15-12-,19-16+. The van der Waals surface area contributed by atoms with Crippen molar-refractivity contribution in [1.82, 2.24) is 5.32 Å². The summed E-state index contributed by atoms with van der Waals surface area (Å²) in [5.41, 5.74) is 0. The lowest BCUT2D eigenvalue weighted by Crippen LogP contribution is -2.46. The second kappa shape index (κ2) is 40.3. The number of aliphatic hydroxyl groups is 2. The van der Waals surface area contributed by atoms with Crippen LogP contribution in [0.4, 0.5) is 0 Å². The SMILES string of the molecule is CC/C=C/C/C=C/CCCCCCCC(CC(=O)NC(CO)C(O)CCCCCCCCCCCCC)OC(=O)CCCCCCC/C=C\CCC. The van der Waals surface area contributed by atoms with Crippen LogP contribution in [0.1, 0.15) is 220 Å². The molecule has 3 N–H and O–H groups in total. The third kappa shape index (κ3) is 35.1. The number of esters is 1. The minimum Gasteiger partial charge on any atom is -0.462 e. The van der Waals surface area contributed by atoms with E-state index in [9.17, 15) is 19.8 Å². The summed E-state index contributed by atoms with van der Waals surface area (Å²) in [4.78, 5) is 25.9. The molecule has 0 radical (unpaired) electrons. The second-order valence-corrected chi connectivity index (χ2v) is 15.1. The fraction of sp³-hybridized carbons (Fsp3) is 0.826. The van der Waals surface area contributed by atoms with Crippen LogP contribution in [0.2, 0.25) is 0 Å². The van der Waals surface area contributed by atoms with Gasteiger partial charge < -0.3 is 20.3 Å². The van der Waals surface area contributed by atoms with E-state index in [1.807, 2.05) is 0 Å². The van der Waals surface area contributed by atoms with Crippen LogP contribution in [0.5, 0.6) is 0 Å². The van der Waals surface area contributed by atoms with Crippen LogP contribution in [0.15, 0.2) is 36.5 Å². The summed E-state index contributed by atoms with van der Waals surface area (Å²) in [6.45, 7) is 6.29. The maximum absolute atomic E-state index is 13.1. The molecule has 6 nitrogen and oxygen atoms in total. The van der Waals surface area contributed by atoms with E-state index >= 15 is 0 Å². The predicted octanol–water partition coefficient (Wildman–Crippen LogP) is 12.6. The highest BCUT2D eigenvalue weighted by molar-refractivity contribution is 5.77. The fourth-order valence-corrected chi connectivity index (χ4v) is 6.59. The van der Waals surface area contributed by atoms with Gasteiger partial charge in [0.2, 0.25) is 5.91 Å². The summed E-state index contributed by atoms with van der Waals surface area (Å²) in [6.07, 6.45) is 44.9. The van der Waals surface area contributed by atoms with Gasteiger partial charge >= 0.3 is 5.97 Å². The van der Waals surface area contributed by atoms with Gasteiger partial charge in [-0.1, -0.05) is 173 Å². The quantitative estimate of drug-likeness (QED) is 0.0332. The van der Waals surface area contributed by atoms with Gasteiger partial charge in [-0.2, -0.15) is 0 Å². The van der Waals surface area contributed by atoms with Gasteiger partial charge in [0.15, 0.2) is 0 Å². The van der Waals surface area contributed by atoms with Crippen molar-refractivity contribution in [2.45, 2.75) is 238 Å². The smallest absolute Gasteiger partial charge is 0.306 e. The molecule has 1 amide bonds. The number of hydrogen-bond donors (Lipinski definition) is 3. The van der Waals surface area contributed by atoms with Crippen LogP contribution < -0.4 is 5.32 Å². The van der Waals surface area contributed by atoms with Crippen LogP contribution in [0.3, 0.4) is 0 Å². The number of carbonyl (C=O) groups excluding carboxylic acids is 2. The lowest BCUT2D eigenvalue weighted by molar-refractivity contribution is -0.151. The molecule has 0 spiro atoms. The second-order valence-electron chi connectivity index (χ2n) is 15.1. The molecule has 0 rings (SSSR count). The zero-order valence-electron chi connectivity index (χ0n) is 34.4. The average molecular weight is 732 g/mol. The Labute approximate surface area is 322 Å². The van der Waals surface area contributed by atoms with E-state index in [1.54, 1.807) is 0 Å². The largest absolute Gasteiger partial charge is 0.462 e. The first-order chi connectivity index (χ1) is 25.5. The van der Waals surface area contributed by atoms with Crippen LogP contribution in [0, 0.1) is 0 Å². The molecule has 0 aliphatic carbocycles. The third-order valence-corrected chi connectivity index (χ3v) is 9.93. The monoisotopic (exact) mass is 732 g/mol. The molecule has 0 fully saturated rings. The first kappa shape index (κ1) is 50.1. The minimum absolute atomic E-state index is 0.0657. The van der Waals surface area contributed by atoms with Crippen molar-refractivity contribution >= 4 is 11.9 Å². The summed E-state index contributed by atoms with van der Waals surface area (Å²) >= 11 is 0. The van der Waals surface area contributed by atoms with Gasteiger partial charge in [0.1, 0.15) is 6.10 Å². The highest BCUT2D eigenvalue weighted by atomic mass is 16.5. The van der Waals surface area contributed by atoms with E-state index in [2.05, 4.69) is 62.5 Å². The van der Waals surface area contributed by atoms with Gasteiger partial charge in [-0.25, -0.2) is 0 Å². The van der Waals surface area contributed by atoms with E-state index in [4.69, 9.17) is 4.74 Å². The number of rotatable bonds is 39. The molecule has 0 aliphatic heterocycles. The molecule has 3 unspecified atom stereocenters. The van der Waals surface area contributed by atoms with Crippen LogP contribution in [-0.4, -0.2) is 46.9 Å². The summed E-state index contributed by atoms with van der Waals surface area (Å²) < 4.78 is 5.87. The molecular formula is C46H85NO5. The van der Waals surface area contributed by atoms with Gasteiger partial charge in [-0.05, 0) is 70.6 Å². The molecule has 0 saturated carbocycles. The van der Waals surface area contributed by atoms with Gasteiger partial charge in [-0.15, -0.1) is 0 Å².